The number of nitriles is 1. The molecule has 0 saturated heterocycles. The minimum Gasteiger partial charge on any atom is -0.465 e. The van der Waals surface area contributed by atoms with Crippen molar-refractivity contribution < 1.29 is 27.5 Å². The Hall–Kier alpha value is -2.08. The number of Topliss-reactive ketones (excluding diaryl/α,β-unsaturated/α-hetero) is 1. The van der Waals surface area contributed by atoms with E-state index >= 15 is 0 Å². The monoisotopic (exact) mass is 346 g/mol. The maximum absolute atomic E-state index is 13.0. The molecule has 1 atom stereocenters. The van der Waals surface area contributed by atoms with E-state index in [2.05, 4.69) is 4.98 Å². The first-order valence-corrected chi connectivity index (χ1v) is 7.32. The van der Waals surface area contributed by atoms with Gasteiger partial charge in [0, 0.05) is 5.69 Å². The number of hydrogen-bond donors (Lipinski definition) is 0. The van der Waals surface area contributed by atoms with Gasteiger partial charge >= 0.3 is 12.1 Å². The zero-order chi connectivity index (χ0) is 17.8. The summed E-state index contributed by atoms with van der Waals surface area (Å²) in [6, 6.07) is 2.19. The van der Waals surface area contributed by atoms with Crippen LogP contribution in [0.5, 0.6) is 0 Å². The van der Waals surface area contributed by atoms with Gasteiger partial charge in [0.15, 0.2) is 11.0 Å². The number of ketones is 1. The van der Waals surface area contributed by atoms with Crippen LogP contribution in [0, 0.1) is 18.3 Å². The van der Waals surface area contributed by atoms with Crippen molar-refractivity contribution in [1.29, 1.82) is 5.26 Å². The summed E-state index contributed by atoms with van der Waals surface area (Å²) in [4.78, 5) is 27.2. The van der Waals surface area contributed by atoms with Gasteiger partial charge in [-0.1, -0.05) is 11.8 Å². The van der Waals surface area contributed by atoms with Crippen molar-refractivity contribution in [3.05, 3.63) is 22.9 Å². The van der Waals surface area contributed by atoms with Crippen LogP contribution in [0.25, 0.3) is 0 Å². The predicted molar refractivity (Wildman–Crippen MR) is 75.7 cm³/mol. The highest BCUT2D eigenvalue weighted by Gasteiger charge is 2.37. The molecule has 1 rings (SSSR count). The molecule has 0 unspecified atom stereocenters. The van der Waals surface area contributed by atoms with Crippen LogP contribution in [0.15, 0.2) is 11.1 Å². The number of aromatic nitrogens is 1. The van der Waals surface area contributed by atoms with Gasteiger partial charge in [-0.05, 0) is 26.8 Å². The van der Waals surface area contributed by atoms with E-state index in [9.17, 15) is 22.8 Å². The number of pyridine rings is 1. The van der Waals surface area contributed by atoms with Crippen molar-refractivity contribution in [3.63, 3.8) is 0 Å². The number of aryl methyl sites for hydroxylation is 1. The quantitative estimate of drug-likeness (QED) is 0.463. The van der Waals surface area contributed by atoms with Crippen molar-refractivity contribution in [1.82, 2.24) is 4.98 Å². The Kier molecular flexibility index (Phi) is 6.15. The zero-order valence-electron chi connectivity index (χ0n) is 12.5. The largest absolute Gasteiger partial charge is 0.465 e. The predicted octanol–water partition coefficient (Wildman–Crippen LogP) is 2.89. The molecule has 0 aliphatic rings. The molecule has 0 aliphatic carbocycles. The van der Waals surface area contributed by atoms with Crippen molar-refractivity contribution in [3.8, 4) is 6.07 Å². The van der Waals surface area contributed by atoms with Gasteiger partial charge in [0.05, 0.1) is 17.7 Å². The first kappa shape index (κ1) is 19.0. The van der Waals surface area contributed by atoms with E-state index in [1.807, 2.05) is 0 Å². The van der Waals surface area contributed by atoms with E-state index in [1.54, 1.807) is 0 Å². The molecule has 0 spiro atoms. The summed E-state index contributed by atoms with van der Waals surface area (Å²) < 4.78 is 43.8. The lowest BCUT2D eigenvalue weighted by Crippen LogP contribution is -2.27. The molecule has 0 saturated carbocycles. The van der Waals surface area contributed by atoms with Crippen LogP contribution in [-0.2, 0) is 20.5 Å². The van der Waals surface area contributed by atoms with Crippen molar-refractivity contribution in [2.24, 2.45) is 0 Å². The van der Waals surface area contributed by atoms with Gasteiger partial charge in [0.25, 0.3) is 0 Å². The zero-order valence-corrected chi connectivity index (χ0v) is 13.3. The van der Waals surface area contributed by atoms with Gasteiger partial charge in [-0.25, -0.2) is 4.98 Å². The minimum atomic E-state index is -4.75. The molecule has 1 aromatic heterocycles. The van der Waals surface area contributed by atoms with E-state index in [-0.39, 0.29) is 17.3 Å². The number of rotatable bonds is 5. The Morgan fingerprint density at radius 1 is 1.48 bits per heavy atom. The first-order chi connectivity index (χ1) is 10.6. The molecule has 23 heavy (non-hydrogen) atoms. The smallest absolute Gasteiger partial charge is 0.417 e. The fourth-order valence-corrected chi connectivity index (χ4v) is 2.71. The summed E-state index contributed by atoms with van der Waals surface area (Å²) >= 11 is 0.483. The summed E-state index contributed by atoms with van der Waals surface area (Å²) in [6.45, 7) is 3.99. The van der Waals surface area contributed by atoms with Crippen molar-refractivity contribution in [2.75, 3.05) is 6.61 Å². The molecule has 1 aromatic rings. The van der Waals surface area contributed by atoms with E-state index in [1.165, 1.54) is 19.9 Å². The number of hydrogen-bond acceptors (Lipinski definition) is 6. The maximum Gasteiger partial charge on any atom is 0.417 e. The second-order valence-corrected chi connectivity index (χ2v) is 5.56. The average molecular weight is 346 g/mol. The Bertz CT molecular complexity index is 668. The average Bonchev–Trinajstić information content (AvgIpc) is 2.42. The van der Waals surface area contributed by atoms with Gasteiger partial charge in [0.1, 0.15) is 11.1 Å². The third kappa shape index (κ3) is 4.69. The van der Waals surface area contributed by atoms with Crippen molar-refractivity contribution in [2.45, 2.75) is 37.2 Å². The van der Waals surface area contributed by atoms with Crippen LogP contribution in [0.2, 0.25) is 0 Å². The van der Waals surface area contributed by atoms with Crippen LogP contribution in [0.4, 0.5) is 13.2 Å². The summed E-state index contributed by atoms with van der Waals surface area (Å²) in [5, 5.41) is 7.34. The van der Waals surface area contributed by atoms with Crippen LogP contribution in [0.1, 0.15) is 30.7 Å². The Balaban J connectivity index is 3.37. The molecule has 0 aliphatic heterocycles. The molecule has 1 heterocycles. The van der Waals surface area contributed by atoms with E-state index in [0.29, 0.717) is 11.8 Å². The third-order valence-corrected chi connectivity index (χ3v) is 3.91. The lowest BCUT2D eigenvalue weighted by atomic mass is 10.1. The van der Waals surface area contributed by atoms with E-state index in [0.717, 1.165) is 13.0 Å². The Morgan fingerprint density at radius 2 is 2.09 bits per heavy atom. The highest BCUT2D eigenvalue weighted by Crippen LogP contribution is 2.37. The maximum atomic E-state index is 13.0. The highest BCUT2D eigenvalue weighted by atomic mass is 32.2. The number of thioether (sulfide) groups is 1. The van der Waals surface area contributed by atoms with Crippen LogP contribution in [-0.4, -0.2) is 28.6 Å². The van der Waals surface area contributed by atoms with Gasteiger partial charge in [-0.2, -0.15) is 18.4 Å². The van der Waals surface area contributed by atoms with Gasteiger partial charge < -0.3 is 4.74 Å². The fourth-order valence-electron chi connectivity index (χ4n) is 1.69. The molecule has 124 valence electrons. The molecule has 0 fully saturated rings. The van der Waals surface area contributed by atoms with Crippen LogP contribution in [0.3, 0.4) is 0 Å². The number of carbonyl (C=O) groups excluding carboxylic acids is 2. The molecular weight excluding hydrogens is 333 g/mol. The van der Waals surface area contributed by atoms with Gasteiger partial charge in [-0.3, -0.25) is 9.59 Å². The molecule has 0 amide bonds. The summed E-state index contributed by atoms with van der Waals surface area (Å²) in [6.07, 6.45) is -4.75. The lowest BCUT2D eigenvalue weighted by molar-refractivity contribution is -0.144. The molecule has 0 aromatic carbocycles. The molecule has 0 bridgehead atoms. The summed E-state index contributed by atoms with van der Waals surface area (Å²) in [7, 11) is 0. The van der Waals surface area contributed by atoms with E-state index in [4.69, 9.17) is 10.00 Å². The normalized spacial score (nSPS) is 12.4. The van der Waals surface area contributed by atoms with E-state index < -0.39 is 34.3 Å². The summed E-state index contributed by atoms with van der Waals surface area (Å²) in [5.41, 5.74) is -1.85. The minimum absolute atomic E-state index is 0.0172. The number of carbonyl (C=O) groups is 2. The van der Waals surface area contributed by atoms with Crippen LogP contribution < -0.4 is 0 Å². The molecule has 9 heteroatoms. The van der Waals surface area contributed by atoms with Gasteiger partial charge in [0.2, 0.25) is 0 Å². The Labute approximate surface area is 134 Å². The molecule has 5 nitrogen and oxygen atoms in total. The van der Waals surface area contributed by atoms with Crippen molar-refractivity contribution >= 4 is 23.5 Å². The molecule has 0 N–H and O–H groups in total. The van der Waals surface area contributed by atoms with Crippen LogP contribution >= 0.6 is 11.8 Å². The standard InChI is InChI=1S/C14H13F3N2O3S/c1-4-22-13(21)11(8(3)20)23-12-9(6-18)10(14(15,16)17)5-7(2)19-12/h5,11H,4H2,1-3H3/t11-/m0/s1. The number of alkyl halides is 3. The first-order valence-electron chi connectivity index (χ1n) is 6.44. The number of nitrogens with zero attached hydrogens (tertiary/aromatic N) is 2. The lowest BCUT2D eigenvalue weighted by Gasteiger charge is -2.15. The highest BCUT2D eigenvalue weighted by molar-refractivity contribution is 8.01. The summed E-state index contributed by atoms with van der Waals surface area (Å²) in [5.74, 6) is -1.49. The molecule has 0 radical (unpaired) electrons. The second-order valence-electron chi connectivity index (χ2n) is 4.46. The SMILES string of the molecule is CCOC(=O)[C@@H](Sc1nc(C)cc(C(F)(F)F)c1C#N)C(C)=O. The molecular formula is C14H13F3N2O3S. The topological polar surface area (TPSA) is 80.0 Å². The van der Waals surface area contributed by atoms with Gasteiger partial charge in [-0.15, -0.1) is 0 Å². The number of esters is 1. The second kappa shape index (κ2) is 7.46. The Morgan fingerprint density at radius 3 is 2.52 bits per heavy atom. The number of ether oxygens (including phenoxy) is 1. The third-order valence-electron chi connectivity index (χ3n) is 2.63. The number of halogens is 3. The fraction of sp³-hybridized carbons (Fsp3) is 0.429.